The van der Waals surface area contributed by atoms with E-state index in [4.69, 9.17) is 0 Å². The van der Waals surface area contributed by atoms with Crippen molar-refractivity contribution in [1.29, 1.82) is 0 Å². The summed E-state index contributed by atoms with van der Waals surface area (Å²) in [6.45, 7) is 0. The van der Waals surface area contributed by atoms with Crippen molar-refractivity contribution >= 4 is 22.4 Å². The van der Waals surface area contributed by atoms with Gasteiger partial charge in [0.05, 0.1) is 0 Å². The summed E-state index contributed by atoms with van der Waals surface area (Å²) in [5.74, 6) is 0.723. The van der Waals surface area contributed by atoms with E-state index in [2.05, 4.69) is 19.7 Å². The Morgan fingerprint density at radius 2 is 1.72 bits per heavy atom. The number of rotatable bonds is 3. The van der Waals surface area contributed by atoms with Crippen LogP contribution in [0.25, 0.3) is 11.4 Å². The summed E-state index contributed by atoms with van der Waals surface area (Å²) in [5, 5.41) is 4.01. The van der Waals surface area contributed by atoms with Crippen molar-refractivity contribution in [3.63, 3.8) is 0 Å². The molecule has 0 saturated carbocycles. The number of benzene rings is 1. The van der Waals surface area contributed by atoms with E-state index in [1.807, 2.05) is 42.5 Å². The Labute approximate surface area is 109 Å². The van der Waals surface area contributed by atoms with E-state index >= 15 is 0 Å². The summed E-state index contributed by atoms with van der Waals surface area (Å²) in [5.41, 5.74) is 1.98. The van der Waals surface area contributed by atoms with Crippen LogP contribution in [0, 0.1) is 0 Å². The van der Waals surface area contributed by atoms with Gasteiger partial charge in [-0.15, -0.1) is 0 Å². The Bertz CT molecular complexity index is 622. The number of para-hydroxylation sites is 1. The van der Waals surface area contributed by atoms with Gasteiger partial charge in [-0.1, -0.05) is 18.2 Å². The van der Waals surface area contributed by atoms with Crippen LogP contribution in [0.15, 0.2) is 54.9 Å². The lowest BCUT2D eigenvalue weighted by Gasteiger charge is -1.99. The highest BCUT2D eigenvalue weighted by molar-refractivity contribution is 7.09. The number of pyridine rings is 1. The molecule has 0 fully saturated rings. The number of hydrogen-bond donors (Lipinski definition) is 1. The fourth-order valence-corrected chi connectivity index (χ4v) is 2.15. The van der Waals surface area contributed by atoms with Crippen LogP contribution in [-0.2, 0) is 0 Å². The Morgan fingerprint density at radius 1 is 0.944 bits per heavy atom. The van der Waals surface area contributed by atoms with E-state index in [-0.39, 0.29) is 0 Å². The first-order chi connectivity index (χ1) is 8.92. The first-order valence-electron chi connectivity index (χ1n) is 5.48. The van der Waals surface area contributed by atoms with Gasteiger partial charge in [-0.2, -0.15) is 9.36 Å². The fraction of sp³-hybridized carbons (Fsp3) is 0. The van der Waals surface area contributed by atoms with Crippen molar-refractivity contribution in [3.05, 3.63) is 54.9 Å². The number of nitrogens with one attached hydrogen (secondary N) is 1. The molecule has 0 unspecified atom stereocenters. The van der Waals surface area contributed by atoms with Crippen molar-refractivity contribution in [1.82, 2.24) is 14.3 Å². The van der Waals surface area contributed by atoms with Gasteiger partial charge in [-0.3, -0.25) is 4.98 Å². The molecule has 3 rings (SSSR count). The second-order valence-corrected chi connectivity index (χ2v) is 4.40. The number of anilines is 2. The molecule has 1 aromatic carbocycles. The van der Waals surface area contributed by atoms with Crippen LogP contribution in [0.3, 0.4) is 0 Å². The molecule has 1 N–H and O–H groups in total. The second kappa shape index (κ2) is 4.93. The minimum absolute atomic E-state index is 0.723. The zero-order valence-corrected chi connectivity index (χ0v) is 10.3. The van der Waals surface area contributed by atoms with Crippen molar-refractivity contribution < 1.29 is 0 Å². The highest BCUT2D eigenvalue weighted by Gasteiger charge is 2.05. The lowest BCUT2D eigenvalue weighted by Crippen LogP contribution is -1.88. The molecule has 0 aliphatic heterocycles. The predicted octanol–water partition coefficient (Wildman–Crippen LogP) is 3.34. The molecule has 0 spiro atoms. The van der Waals surface area contributed by atoms with Gasteiger partial charge in [0, 0.05) is 35.2 Å². The van der Waals surface area contributed by atoms with Gasteiger partial charge in [0.2, 0.25) is 5.13 Å². The molecule has 0 saturated heterocycles. The Balaban J connectivity index is 1.82. The van der Waals surface area contributed by atoms with Gasteiger partial charge in [-0.05, 0) is 24.3 Å². The van der Waals surface area contributed by atoms with Crippen LogP contribution >= 0.6 is 11.5 Å². The largest absolute Gasteiger partial charge is 0.330 e. The third-order valence-corrected chi connectivity index (χ3v) is 3.02. The average molecular weight is 254 g/mol. The molecule has 0 aliphatic rings. The van der Waals surface area contributed by atoms with Crippen LogP contribution in [0.5, 0.6) is 0 Å². The molecule has 5 heteroatoms. The molecule has 2 heterocycles. The summed E-state index contributed by atoms with van der Waals surface area (Å²) in [4.78, 5) is 8.42. The van der Waals surface area contributed by atoms with Gasteiger partial charge >= 0.3 is 0 Å². The zero-order chi connectivity index (χ0) is 12.2. The molecule has 0 radical (unpaired) electrons. The zero-order valence-electron chi connectivity index (χ0n) is 9.45. The van der Waals surface area contributed by atoms with Gasteiger partial charge in [0.25, 0.3) is 0 Å². The first kappa shape index (κ1) is 10.9. The Hall–Kier alpha value is -2.27. The summed E-state index contributed by atoms with van der Waals surface area (Å²) in [6, 6.07) is 13.7. The average Bonchev–Trinajstić information content (AvgIpc) is 2.89. The van der Waals surface area contributed by atoms with Gasteiger partial charge < -0.3 is 5.32 Å². The maximum Gasteiger partial charge on any atom is 0.207 e. The van der Waals surface area contributed by atoms with E-state index in [0.717, 1.165) is 22.2 Å². The SMILES string of the molecule is c1ccc(Nc2nc(-c3ccncc3)ns2)cc1. The molecule has 4 nitrogen and oxygen atoms in total. The second-order valence-electron chi connectivity index (χ2n) is 3.65. The standard InChI is InChI=1S/C13H10N4S/c1-2-4-11(5-3-1)15-13-16-12(17-18-13)10-6-8-14-9-7-10/h1-9H,(H,15,16,17). The smallest absolute Gasteiger partial charge is 0.207 e. The lowest BCUT2D eigenvalue weighted by molar-refractivity contribution is 1.28. The van der Waals surface area contributed by atoms with E-state index < -0.39 is 0 Å². The topological polar surface area (TPSA) is 50.7 Å². The van der Waals surface area contributed by atoms with E-state index in [1.165, 1.54) is 11.5 Å². The van der Waals surface area contributed by atoms with E-state index in [9.17, 15) is 0 Å². The predicted molar refractivity (Wildman–Crippen MR) is 72.9 cm³/mol. The minimum atomic E-state index is 0.723. The van der Waals surface area contributed by atoms with Crippen LogP contribution < -0.4 is 5.32 Å². The molecule has 3 aromatic rings. The lowest BCUT2D eigenvalue weighted by atomic mass is 10.3. The number of aromatic nitrogens is 3. The molecule has 0 bridgehead atoms. The van der Waals surface area contributed by atoms with Crippen LogP contribution in [0.1, 0.15) is 0 Å². The maximum absolute atomic E-state index is 4.44. The monoisotopic (exact) mass is 254 g/mol. The van der Waals surface area contributed by atoms with Crippen LogP contribution in [-0.4, -0.2) is 14.3 Å². The van der Waals surface area contributed by atoms with Crippen molar-refractivity contribution in [2.24, 2.45) is 0 Å². The molecule has 0 amide bonds. The van der Waals surface area contributed by atoms with Crippen LogP contribution in [0.4, 0.5) is 10.8 Å². The maximum atomic E-state index is 4.44. The quantitative estimate of drug-likeness (QED) is 0.778. The van der Waals surface area contributed by atoms with Gasteiger partial charge in [0.1, 0.15) is 0 Å². The van der Waals surface area contributed by atoms with Gasteiger partial charge in [0.15, 0.2) is 5.82 Å². The highest BCUT2D eigenvalue weighted by Crippen LogP contribution is 2.23. The fourth-order valence-electron chi connectivity index (χ4n) is 1.54. The van der Waals surface area contributed by atoms with Crippen molar-refractivity contribution in [3.8, 4) is 11.4 Å². The molecule has 88 valence electrons. The van der Waals surface area contributed by atoms with Crippen LogP contribution in [0.2, 0.25) is 0 Å². The van der Waals surface area contributed by atoms with E-state index in [0.29, 0.717) is 0 Å². The number of hydrogen-bond acceptors (Lipinski definition) is 5. The summed E-state index contributed by atoms with van der Waals surface area (Å²) in [7, 11) is 0. The normalized spacial score (nSPS) is 10.2. The van der Waals surface area contributed by atoms with Crippen molar-refractivity contribution in [2.75, 3.05) is 5.32 Å². The first-order valence-corrected chi connectivity index (χ1v) is 6.25. The minimum Gasteiger partial charge on any atom is -0.330 e. The summed E-state index contributed by atoms with van der Waals surface area (Å²) < 4.78 is 4.32. The summed E-state index contributed by atoms with van der Waals surface area (Å²) in [6.07, 6.45) is 3.47. The van der Waals surface area contributed by atoms with E-state index in [1.54, 1.807) is 12.4 Å². The molecular weight excluding hydrogens is 244 g/mol. The highest BCUT2D eigenvalue weighted by atomic mass is 32.1. The summed E-state index contributed by atoms with van der Waals surface area (Å²) >= 11 is 1.35. The molecule has 0 atom stereocenters. The van der Waals surface area contributed by atoms with Crippen molar-refractivity contribution in [2.45, 2.75) is 0 Å². The third-order valence-electron chi connectivity index (χ3n) is 2.39. The molecular formula is C13H10N4S. The molecule has 0 aliphatic carbocycles. The molecule has 2 aromatic heterocycles. The third kappa shape index (κ3) is 2.36. The molecule has 18 heavy (non-hydrogen) atoms. The Morgan fingerprint density at radius 3 is 2.50 bits per heavy atom. The van der Waals surface area contributed by atoms with Gasteiger partial charge in [-0.25, -0.2) is 0 Å². The number of nitrogens with zero attached hydrogens (tertiary/aromatic N) is 3. The Kier molecular flexibility index (Phi) is 2.97.